The third-order valence-corrected chi connectivity index (χ3v) is 4.98. The van der Waals surface area contributed by atoms with E-state index in [0.717, 1.165) is 30.3 Å². The summed E-state index contributed by atoms with van der Waals surface area (Å²) in [6, 6.07) is 4.75. The maximum Gasteiger partial charge on any atom is 0.298 e. The van der Waals surface area contributed by atoms with E-state index in [9.17, 15) is 27.0 Å². The normalized spacial score (nSPS) is 13.9. The van der Waals surface area contributed by atoms with Crippen molar-refractivity contribution in [2.75, 3.05) is 5.73 Å². The second kappa shape index (κ2) is 8.08. The van der Waals surface area contributed by atoms with Crippen molar-refractivity contribution >= 4 is 37.3 Å². The zero-order valence-electron chi connectivity index (χ0n) is 14.6. The van der Waals surface area contributed by atoms with Crippen LogP contribution >= 0.6 is 0 Å². The van der Waals surface area contributed by atoms with Gasteiger partial charge < -0.3 is 15.9 Å². The third-order valence-electron chi connectivity index (χ3n) is 3.26. The Morgan fingerprint density at radius 2 is 1.48 bits per heavy atom. The fourth-order valence-corrected chi connectivity index (χ4v) is 3.08. The Morgan fingerprint density at radius 3 is 2.03 bits per heavy atom. The number of nitrogens with two attached hydrogens (primary N) is 1. The van der Waals surface area contributed by atoms with E-state index in [4.69, 9.17) is 14.8 Å². The van der Waals surface area contributed by atoms with Gasteiger partial charge in [-0.15, -0.1) is 10.2 Å². The van der Waals surface area contributed by atoms with Crippen molar-refractivity contribution in [1.29, 1.82) is 0 Å². The van der Waals surface area contributed by atoms with E-state index in [2.05, 4.69) is 20.5 Å². The number of nitrogens with zero attached hydrogens (tertiary/aromatic N) is 4. The Hall–Kier alpha value is -3.14. The Bertz CT molecular complexity index is 1210. The molecule has 0 aliphatic carbocycles. The number of aromatic hydroxyl groups is 2. The molecule has 0 heterocycles. The average molecular weight is 445 g/mol. The number of phenols is 2. The minimum Gasteiger partial charge on any atom is -0.506 e. The molecule has 0 spiro atoms. The summed E-state index contributed by atoms with van der Waals surface area (Å²) >= 11 is 0. The van der Waals surface area contributed by atoms with E-state index in [1.165, 1.54) is 6.92 Å². The molecule has 0 saturated carbocycles. The van der Waals surface area contributed by atoms with Crippen molar-refractivity contribution in [2.45, 2.75) is 22.9 Å². The molecule has 0 aliphatic heterocycles. The number of phenolic OH excluding ortho intramolecular Hbond substituents is 2. The van der Waals surface area contributed by atoms with Gasteiger partial charge in [-0.2, -0.15) is 27.1 Å². The molecule has 156 valence electrons. The SMILES string of the molecule is CC(N=Nc1cc(S(=O)(=O)O)ccc1O)N=Nc1cc(N)cc(S(=O)(=O)O)c1O. The van der Waals surface area contributed by atoms with Crippen LogP contribution in [0.25, 0.3) is 0 Å². The van der Waals surface area contributed by atoms with Crippen LogP contribution in [0.2, 0.25) is 0 Å². The van der Waals surface area contributed by atoms with Crippen molar-refractivity contribution in [3.8, 4) is 11.5 Å². The zero-order valence-corrected chi connectivity index (χ0v) is 16.2. The second-order valence-corrected chi connectivity index (χ2v) is 8.36. The van der Waals surface area contributed by atoms with Crippen LogP contribution in [0.3, 0.4) is 0 Å². The van der Waals surface area contributed by atoms with Crippen molar-refractivity contribution < 1.29 is 36.2 Å². The second-order valence-electron chi connectivity index (χ2n) is 5.55. The van der Waals surface area contributed by atoms with Gasteiger partial charge in [-0.3, -0.25) is 9.11 Å². The lowest BCUT2D eigenvalue weighted by Gasteiger charge is -2.06. The maximum atomic E-state index is 11.2. The molecule has 0 bridgehead atoms. The number of hydrogen-bond donors (Lipinski definition) is 5. The number of anilines is 1. The Kier molecular flexibility index (Phi) is 6.17. The summed E-state index contributed by atoms with van der Waals surface area (Å²) in [4.78, 5) is -1.37. The molecule has 2 aromatic rings. The minimum absolute atomic E-state index is 0.120. The van der Waals surface area contributed by atoms with E-state index < -0.39 is 47.7 Å². The molecule has 1 atom stereocenters. The van der Waals surface area contributed by atoms with E-state index in [1.807, 2.05) is 0 Å². The highest BCUT2D eigenvalue weighted by molar-refractivity contribution is 7.86. The molecule has 1 unspecified atom stereocenters. The topological polar surface area (TPSA) is 225 Å². The molecule has 0 saturated heterocycles. The number of benzene rings is 2. The molecule has 6 N–H and O–H groups in total. The minimum atomic E-state index is -4.76. The summed E-state index contributed by atoms with van der Waals surface area (Å²) in [6.45, 7) is 1.38. The Morgan fingerprint density at radius 1 is 0.897 bits per heavy atom. The average Bonchev–Trinajstić information content (AvgIpc) is 2.59. The molecule has 0 aliphatic rings. The first-order valence-electron chi connectivity index (χ1n) is 7.51. The molecule has 13 nitrogen and oxygen atoms in total. The summed E-state index contributed by atoms with van der Waals surface area (Å²) in [5.74, 6) is -1.30. The number of hydrogen-bond acceptors (Lipinski definition) is 11. The monoisotopic (exact) mass is 445 g/mol. The molecule has 15 heteroatoms. The van der Waals surface area contributed by atoms with Gasteiger partial charge in [-0.1, -0.05) is 0 Å². The molecule has 0 fully saturated rings. The van der Waals surface area contributed by atoms with Crippen molar-refractivity contribution in [2.24, 2.45) is 20.5 Å². The lowest BCUT2D eigenvalue weighted by molar-refractivity contribution is 0.444. The molecule has 0 aromatic heterocycles. The molecule has 2 aromatic carbocycles. The summed E-state index contributed by atoms with van der Waals surface area (Å²) in [6.07, 6.45) is -1.03. The molecular weight excluding hydrogens is 430 g/mol. The number of azo groups is 2. The van der Waals surface area contributed by atoms with Gasteiger partial charge in [0.2, 0.25) is 0 Å². The first kappa shape index (κ1) is 22.2. The van der Waals surface area contributed by atoms with Crippen LogP contribution in [0.15, 0.2) is 60.6 Å². The van der Waals surface area contributed by atoms with Gasteiger partial charge in [0.1, 0.15) is 22.0 Å². The van der Waals surface area contributed by atoms with Crippen LogP contribution in [-0.4, -0.2) is 42.3 Å². The predicted molar refractivity (Wildman–Crippen MR) is 98.7 cm³/mol. The van der Waals surface area contributed by atoms with Gasteiger partial charge in [0, 0.05) is 5.69 Å². The van der Waals surface area contributed by atoms with Gasteiger partial charge in [0.15, 0.2) is 11.9 Å². The Balaban J connectivity index is 2.30. The van der Waals surface area contributed by atoms with E-state index in [-0.39, 0.29) is 17.1 Å². The van der Waals surface area contributed by atoms with Crippen LogP contribution in [0.5, 0.6) is 11.5 Å². The predicted octanol–water partition coefficient (Wildman–Crippen LogP) is 2.39. The highest BCUT2D eigenvalue weighted by atomic mass is 32.2. The molecule has 2 rings (SSSR count). The van der Waals surface area contributed by atoms with Crippen LogP contribution in [-0.2, 0) is 20.2 Å². The maximum absolute atomic E-state index is 11.2. The van der Waals surface area contributed by atoms with Crippen LogP contribution < -0.4 is 5.73 Å². The first-order chi connectivity index (χ1) is 13.3. The Labute approximate surface area is 164 Å². The van der Waals surface area contributed by atoms with E-state index in [0.29, 0.717) is 0 Å². The third kappa shape index (κ3) is 5.67. The smallest absolute Gasteiger partial charge is 0.298 e. The summed E-state index contributed by atoms with van der Waals surface area (Å²) in [5, 5.41) is 34.1. The number of nitrogen functional groups attached to an aromatic ring is 1. The lowest BCUT2D eigenvalue weighted by atomic mass is 10.2. The lowest BCUT2D eigenvalue weighted by Crippen LogP contribution is -2.00. The van der Waals surface area contributed by atoms with Gasteiger partial charge in [0.25, 0.3) is 20.2 Å². The highest BCUT2D eigenvalue weighted by Gasteiger charge is 2.19. The summed E-state index contributed by atoms with van der Waals surface area (Å²) in [7, 11) is -9.27. The fraction of sp³-hybridized carbons (Fsp3) is 0.143. The summed E-state index contributed by atoms with van der Waals surface area (Å²) in [5.41, 5.74) is 4.74. The molecule has 0 amide bonds. The molecule has 29 heavy (non-hydrogen) atoms. The van der Waals surface area contributed by atoms with Gasteiger partial charge in [-0.05, 0) is 37.3 Å². The number of rotatable bonds is 6. The highest BCUT2D eigenvalue weighted by Crippen LogP contribution is 2.36. The van der Waals surface area contributed by atoms with Crippen molar-refractivity contribution in [1.82, 2.24) is 0 Å². The molecule has 0 radical (unpaired) electrons. The first-order valence-corrected chi connectivity index (χ1v) is 10.4. The summed E-state index contributed by atoms with van der Waals surface area (Å²) < 4.78 is 62.8. The van der Waals surface area contributed by atoms with E-state index in [1.54, 1.807) is 0 Å². The van der Waals surface area contributed by atoms with E-state index >= 15 is 0 Å². The van der Waals surface area contributed by atoms with Gasteiger partial charge >= 0.3 is 0 Å². The fourth-order valence-electron chi connectivity index (χ4n) is 1.95. The van der Waals surface area contributed by atoms with Crippen LogP contribution in [0.1, 0.15) is 6.92 Å². The van der Waals surface area contributed by atoms with Gasteiger partial charge in [0.05, 0.1) is 4.90 Å². The van der Waals surface area contributed by atoms with Crippen molar-refractivity contribution in [3.05, 3.63) is 30.3 Å². The standard InChI is InChI=1S/C14H15N5O8S2/c1-7(16-18-10-6-9(28(22,23)24)2-3-12(10)20)17-19-11-4-8(15)5-13(14(11)21)29(25,26)27/h2-7,20-21H,15H2,1H3,(H,22,23,24)(H,25,26,27). The van der Waals surface area contributed by atoms with Crippen LogP contribution in [0, 0.1) is 0 Å². The van der Waals surface area contributed by atoms with Crippen LogP contribution in [0.4, 0.5) is 17.1 Å². The largest absolute Gasteiger partial charge is 0.506 e. The zero-order chi connectivity index (χ0) is 22.0. The molecular formula is C14H15N5O8S2. The van der Waals surface area contributed by atoms with Crippen molar-refractivity contribution in [3.63, 3.8) is 0 Å². The quantitative estimate of drug-likeness (QED) is 0.190. The van der Waals surface area contributed by atoms with Gasteiger partial charge in [-0.25, -0.2) is 0 Å².